The zero-order valence-electron chi connectivity index (χ0n) is 9.10. The lowest BCUT2D eigenvalue weighted by atomic mass is 10.2. The first kappa shape index (κ1) is 12.9. The normalized spacial score (nSPS) is 11.8. The molecule has 1 amide bonds. The second-order valence-electron chi connectivity index (χ2n) is 3.24. The summed E-state index contributed by atoms with van der Waals surface area (Å²) < 4.78 is 4.65. The van der Waals surface area contributed by atoms with Crippen LogP contribution >= 0.6 is 0 Å². The van der Waals surface area contributed by atoms with Crippen LogP contribution in [0.25, 0.3) is 0 Å². The van der Waals surface area contributed by atoms with Crippen molar-refractivity contribution in [3.05, 3.63) is 34.2 Å². The number of H-pyrrole nitrogens is 1. The lowest BCUT2D eigenvalue weighted by Crippen LogP contribution is -2.45. The van der Waals surface area contributed by atoms with Gasteiger partial charge < -0.3 is 20.1 Å². The number of carbonyl (C=O) groups excluding carboxylic acids is 1. The van der Waals surface area contributed by atoms with Gasteiger partial charge in [0.1, 0.15) is 5.56 Å². The Hall–Kier alpha value is -2.15. The Bertz CT molecular complexity index is 468. The summed E-state index contributed by atoms with van der Waals surface area (Å²) in [7, 11) is 1.32. The number of hydrogen-bond donors (Lipinski definition) is 3. The Morgan fingerprint density at radius 3 is 2.82 bits per heavy atom. The van der Waals surface area contributed by atoms with E-state index in [-0.39, 0.29) is 12.2 Å². The lowest BCUT2D eigenvalue weighted by molar-refractivity contribution is -0.140. The molecule has 0 bridgehead atoms. The summed E-state index contributed by atoms with van der Waals surface area (Å²) in [6.07, 6.45) is 2.59. The van der Waals surface area contributed by atoms with Gasteiger partial charge in [0, 0.05) is 25.6 Å². The number of ether oxygens (including phenoxy) is 1. The van der Waals surface area contributed by atoms with Gasteiger partial charge in [-0.3, -0.25) is 9.59 Å². The van der Waals surface area contributed by atoms with Crippen molar-refractivity contribution in [3.63, 3.8) is 0 Å². The largest absolute Gasteiger partial charge is 0.480 e. The van der Waals surface area contributed by atoms with Gasteiger partial charge in [0.05, 0.1) is 6.61 Å². The Morgan fingerprint density at radius 2 is 2.29 bits per heavy atom. The Balaban J connectivity index is 2.81. The van der Waals surface area contributed by atoms with Crippen LogP contribution in [0.3, 0.4) is 0 Å². The topological polar surface area (TPSA) is 108 Å². The molecule has 0 aliphatic carbocycles. The highest BCUT2D eigenvalue weighted by Gasteiger charge is 2.21. The maximum atomic E-state index is 11.6. The molecule has 0 aromatic carbocycles. The molecule has 1 rings (SSSR count). The molecular formula is C10H12N2O5. The van der Waals surface area contributed by atoms with Crippen molar-refractivity contribution >= 4 is 11.9 Å². The van der Waals surface area contributed by atoms with Crippen LogP contribution in [0.15, 0.2) is 23.3 Å². The van der Waals surface area contributed by atoms with E-state index in [9.17, 15) is 14.4 Å². The van der Waals surface area contributed by atoms with Crippen LogP contribution < -0.4 is 10.7 Å². The number of aromatic amines is 1. The van der Waals surface area contributed by atoms with E-state index in [1.807, 2.05) is 0 Å². The summed E-state index contributed by atoms with van der Waals surface area (Å²) >= 11 is 0. The summed E-state index contributed by atoms with van der Waals surface area (Å²) in [5.41, 5.74) is -0.627. The van der Waals surface area contributed by atoms with Gasteiger partial charge in [-0.2, -0.15) is 0 Å². The van der Waals surface area contributed by atoms with E-state index in [1.165, 1.54) is 25.6 Å². The molecule has 7 nitrogen and oxygen atoms in total. The number of amides is 1. The quantitative estimate of drug-likeness (QED) is 0.624. The summed E-state index contributed by atoms with van der Waals surface area (Å²) in [4.78, 5) is 36.3. The number of rotatable bonds is 5. The van der Waals surface area contributed by atoms with Crippen LogP contribution in [0.2, 0.25) is 0 Å². The molecular weight excluding hydrogens is 228 g/mol. The average molecular weight is 240 g/mol. The van der Waals surface area contributed by atoms with Crippen molar-refractivity contribution < 1.29 is 19.4 Å². The van der Waals surface area contributed by atoms with Crippen molar-refractivity contribution in [1.29, 1.82) is 0 Å². The summed E-state index contributed by atoms with van der Waals surface area (Å²) in [5, 5.41) is 11.0. The summed E-state index contributed by atoms with van der Waals surface area (Å²) in [5.74, 6) is -1.98. The average Bonchev–Trinajstić information content (AvgIpc) is 2.28. The van der Waals surface area contributed by atoms with E-state index in [4.69, 9.17) is 5.11 Å². The van der Waals surface area contributed by atoms with Crippen molar-refractivity contribution in [2.75, 3.05) is 13.7 Å². The standard InChI is InChI=1S/C10H12N2O5/c1-17-5-7(10(15)16)12-9(14)6-4-11-3-2-8(6)13/h2-4,7H,5H2,1H3,(H,11,13)(H,12,14)(H,15,16). The molecule has 7 heteroatoms. The van der Waals surface area contributed by atoms with Crippen molar-refractivity contribution in [3.8, 4) is 0 Å². The molecule has 1 unspecified atom stereocenters. The number of aliphatic carboxylic acids is 1. The molecule has 0 saturated carbocycles. The van der Waals surface area contributed by atoms with Gasteiger partial charge in [-0.15, -0.1) is 0 Å². The van der Waals surface area contributed by atoms with Crippen LogP contribution in [0.4, 0.5) is 0 Å². The van der Waals surface area contributed by atoms with Crippen LogP contribution in [0, 0.1) is 0 Å². The van der Waals surface area contributed by atoms with E-state index in [0.29, 0.717) is 0 Å². The molecule has 0 radical (unpaired) electrons. The second kappa shape index (κ2) is 5.80. The van der Waals surface area contributed by atoms with Crippen molar-refractivity contribution in [2.45, 2.75) is 6.04 Å². The van der Waals surface area contributed by atoms with E-state index in [0.717, 1.165) is 0 Å². The van der Waals surface area contributed by atoms with Gasteiger partial charge in [-0.05, 0) is 0 Å². The van der Waals surface area contributed by atoms with Crippen LogP contribution in [-0.2, 0) is 9.53 Å². The van der Waals surface area contributed by atoms with Crippen molar-refractivity contribution in [2.24, 2.45) is 0 Å². The van der Waals surface area contributed by atoms with Crippen LogP contribution in [-0.4, -0.2) is 41.7 Å². The molecule has 0 aliphatic rings. The maximum Gasteiger partial charge on any atom is 0.328 e. The summed E-state index contributed by atoms with van der Waals surface area (Å²) in [6, 6.07) is -0.00631. The molecule has 1 heterocycles. The minimum atomic E-state index is -1.23. The summed E-state index contributed by atoms with van der Waals surface area (Å²) in [6.45, 7) is -0.175. The predicted octanol–water partition coefficient (Wildman–Crippen LogP) is -0.796. The van der Waals surface area contributed by atoms with Gasteiger partial charge in [0.25, 0.3) is 5.91 Å². The zero-order valence-corrected chi connectivity index (χ0v) is 9.10. The third-order valence-electron chi connectivity index (χ3n) is 2.01. The predicted molar refractivity (Wildman–Crippen MR) is 57.8 cm³/mol. The number of carboxylic acids is 1. The van der Waals surface area contributed by atoms with Crippen molar-refractivity contribution in [1.82, 2.24) is 10.3 Å². The third kappa shape index (κ3) is 3.42. The fraction of sp³-hybridized carbons (Fsp3) is 0.300. The number of methoxy groups -OCH3 is 1. The molecule has 1 aromatic heterocycles. The highest BCUT2D eigenvalue weighted by Crippen LogP contribution is 1.92. The van der Waals surface area contributed by atoms with E-state index in [2.05, 4.69) is 15.0 Å². The first-order valence-corrected chi connectivity index (χ1v) is 4.76. The number of hydrogen-bond acceptors (Lipinski definition) is 4. The first-order chi connectivity index (χ1) is 8.06. The van der Waals surface area contributed by atoms with Gasteiger partial charge in [0.15, 0.2) is 11.5 Å². The number of carboxylic acid groups (broad SMARTS) is 1. The minimum Gasteiger partial charge on any atom is -0.480 e. The molecule has 1 aromatic rings. The molecule has 0 aliphatic heterocycles. The smallest absolute Gasteiger partial charge is 0.328 e. The third-order valence-corrected chi connectivity index (χ3v) is 2.01. The monoisotopic (exact) mass is 240 g/mol. The first-order valence-electron chi connectivity index (χ1n) is 4.76. The lowest BCUT2D eigenvalue weighted by Gasteiger charge is -2.12. The van der Waals surface area contributed by atoms with Crippen LogP contribution in [0.5, 0.6) is 0 Å². The molecule has 0 saturated heterocycles. The molecule has 92 valence electrons. The highest BCUT2D eigenvalue weighted by molar-refractivity contribution is 5.96. The van der Waals surface area contributed by atoms with Gasteiger partial charge in [-0.25, -0.2) is 4.79 Å². The molecule has 0 spiro atoms. The molecule has 17 heavy (non-hydrogen) atoms. The van der Waals surface area contributed by atoms with Gasteiger partial charge in [-0.1, -0.05) is 0 Å². The Labute approximate surface area is 96.4 Å². The van der Waals surface area contributed by atoms with Gasteiger partial charge >= 0.3 is 5.97 Å². The Morgan fingerprint density at radius 1 is 1.59 bits per heavy atom. The zero-order chi connectivity index (χ0) is 12.8. The number of nitrogens with one attached hydrogen (secondary N) is 2. The van der Waals surface area contributed by atoms with E-state index < -0.39 is 23.3 Å². The molecule has 0 fully saturated rings. The van der Waals surface area contributed by atoms with E-state index >= 15 is 0 Å². The maximum absolute atomic E-state index is 11.6. The van der Waals surface area contributed by atoms with Crippen LogP contribution in [0.1, 0.15) is 10.4 Å². The number of aromatic nitrogens is 1. The Kier molecular flexibility index (Phi) is 4.41. The SMILES string of the molecule is COCC(NC(=O)c1c[nH]ccc1=O)C(=O)O. The number of carbonyl (C=O) groups is 2. The molecule has 3 N–H and O–H groups in total. The number of pyridine rings is 1. The fourth-order valence-corrected chi connectivity index (χ4v) is 1.17. The second-order valence-corrected chi connectivity index (χ2v) is 3.24. The van der Waals surface area contributed by atoms with E-state index in [1.54, 1.807) is 0 Å². The molecule has 1 atom stereocenters. The van der Waals surface area contributed by atoms with Gasteiger partial charge in [0.2, 0.25) is 0 Å². The highest BCUT2D eigenvalue weighted by atomic mass is 16.5. The minimum absolute atomic E-state index is 0.144. The fourth-order valence-electron chi connectivity index (χ4n) is 1.17.